The minimum atomic E-state index is -1.22. The molecule has 0 aliphatic rings. The van der Waals surface area contributed by atoms with Crippen molar-refractivity contribution in [3.8, 4) is 0 Å². The van der Waals surface area contributed by atoms with E-state index in [1.807, 2.05) is 0 Å². The Kier molecular flexibility index (Phi) is 20.5. The smallest absolute Gasteiger partial charge is 0.322 e. The van der Waals surface area contributed by atoms with Gasteiger partial charge in [0.05, 0.1) is 0 Å². The first-order valence-electron chi connectivity index (χ1n) is 9.68. The van der Waals surface area contributed by atoms with Crippen molar-refractivity contribution in [2.24, 2.45) is 17.2 Å². The summed E-state index contributed by atoms with van der Waals surface area (Å²) >= 11 is 3.87. The molecule has 0 spiro atoms. The third-order valence-electron chi connectivity index (χ3n) is 3.61. The van der Waals surface area contributed by atoms with Crippen molar-refractivity contribution < 1.29 is 29.4 Å². The van der Waals surface area contributed by atoms with Gasteiger partial charge in [0.15, 0.2) is 0 Å². The van der Waals surface area contributed by atoms with Gasteiger partial charge in [-0.25, -0.2) is 0 Å². The van der Waals surface area contributed by atoms with Crippen LogP contribution in [-0.4, -0.2) is 84.5 Å². The van der Waals surface area contributed by atoms with Gasteiger partial charge in [0.1, 0.15) is 18.6 Å². The van der Waals surface area contributed by atoms with Crippen molar-refractivity contribution in [3.63, 3.8) is 0 Å². The number of nitrogens with two attached hydrogens (primary N) is 3. The molecule has 0 fully saturated rings. The molecule has 0 radical (unpaired) electrons. The Labute approximate surface area is 182 Å². The van der Waals surface area contributed by atoms with E-state index in [0.717, 1.165) is 39.0 Å². The van der Waals surface area contributed by atoms with Gasteiger partial charge in [0.25, 0.3) is 0 Å². The van der Waals surface area contributed by atoms with E-state index in [-0.39, 0.29) is 18.6 Å². The lowest BCUT2D eigenvalue weighted by molar-refractivity contribution is -0.139. The molecule has 0 aromatic heterocycles. The van der Waals surface area contributed by atoms with Crippen LogP contribution in [0.5, 0.6) is 0 Å². The Morgan fingerprint density at radius 3 is 2.07 bits per heavy atom. The van der Waals surface area contributed by atoms with Gasteiger partial charge in [-0.15, -0.1) is 0 Å². The van der Waals surface area contributed by atoms with Gasteiger partial charge in [-0.05, 0) is 51.9 Å². The van der Waals surface area contributed by atoms with E-state index in [2.05, 4.69) is 28.6 Å². The SMILES string of the molecule is NC(CCC(=O)NC(CS)C(=O)NCC(=O)O)C(=O)O.NCCCCNCCCN. The molecule has 176 valence electrons. The van der Waals surface area contributed by atoms with E-state index in [9.17, 15) is 19.2 Å². The number of rotatable bonds is 16. The van der Waals surface area contributed by atoms with Crippen molar-refractivity contribution in [2.45, 2.75) is 44.2 Å². The molecule has 0 bridgehead atoms. The lowest BCUT2D eigenvalue weighted by Gasteiger charge is -2.16. The third-order valence-corrected chi connectivity index (χ3v) is 3.98. The Hall–Kier alpha value is -1.93. The maximum atomic E-state index is 11.5. The van der Waals surface area contributed by atoms with Crippen LogP contribution in [0.25, 0.3) is 0 Å². The standard InChI is InChI=1S/C10H17N3O6S.C7H19N3/c11-5(10(18)19)1-2-7(14)13-6(4-20)9(17)12-3-8(15)16;8-4-1-2-6-10-7-3-5-9/h5-6,20H,1-4,11H2,(H,12,17)(H,13,14)(H,15,16)(H,18,19);10H,1-9H2. The summed E-state index contributed by atoms with van der Waals surface area (Å²) in [6.45, 7) is 3.14. The Bertz CT molecular complexity index is 503. The molecule has 0 aliphatic heterocycles. The van der Waals surface area contributed by atoms with Crippen LogP contribution in [0, 0.1) is 0 Å². The fourth-order valence-corrected chi connectivity index (χ4v) is 2.16. The molecule has 0 rings (SSSR count). The van der Waals surface area contributed by atoms with Crippen LogP contribution in [0.3, 0.4) is 0 Å². The number of amides is 2. The van der Waals surface area contributed by atoms with E-state index in [1.54, 1.807) is 0 Å². The highest BCUT2D eigenvalue weighted by Crippen LogP contribution is 1.97. The zero-order valence-corrected chi connectivity index (χ0v) is 18.0. The molecule has 0 saturated heterocycles. The topological polar surface area (TPSA) is 223 Å². The van der Waals surface area contributed by atoms with Crippen LogP contribution in [0.2, 0.25) is 0 Å². The number of hydrogen-bond acceptors (Lipinski definition) is 9. The van der Waals surface area contributed by atoms with Crippen LogP contribution in [-0.2, 0) is 19.2 Å². The molecular weight excluding hydrogens is 416 g/mol. The van der Waals surface area contributed by atoms with Crippen molar-refractivity contribution in [1.82, 2.24) is 16.0 Å². The minimum Gasteiger partial charge on any atom is -0.480 e. The number of carboxylic acid groups (broad SMARTS) is 2. The van der Waals surface area contributed by atoms with E-state index in [1.165, 1.54) is 6.42 Å². The molecular formula is C17H36N6O6S. The molecule has 2 amide bonds. The van der Waals surface area contributed by atoms with Gasteiger partial charge in [-0.3, -0.25) is 19.2 Å². The maximum absolute atomic E-state index is 11.5. The largest absolute Gasteiger partial charge is 0.480 e. The van der Waals surface area contributed by atoms with Crippen molar-refractivity contribution >= 4 is 36.4 Å². The van der Waals surface area contributed by atoms with Gasteiger partial charge in [-0.1, -0.05) is 0 Å². The Morgan fingerprint density at radius 1 is 0.967 bits per heavy atom. The molecule has 0 aromatic rings. The molecule has 11 N–H and O–H groups in total. The molecule has 0 heterocycles. The fourth-order valence-electron chi connectivity index (χ4n) is 1.90. The summed E-state index contributed by atoms with van der Waals surface area (Å²) in [6, 6.07) is -2.15. The highest BCUT2D eigenvalue weighted by atomic mass is 32.1. The van der Waals surface area contributed by atoms with Gasteiger partial charge in [0.2, 0.25) is 11.8 Å². The summed E-state index contributed by atoms with van der Waals surface area (Å²) in [5.74, 6) is -3.70. The predicted octanol–water partition coefficient (Wildman–Crippen LogP) is -2.54. The van der Waals surface area contributed by atoms with Crippen molar-refractivity contribution in [2.75, 3.05) is 38.5 Å². The highest BCUT2D eigenvalue weighted by Gasteiger charge is 2.20. The number of carbonyl (C=O) groups excluding carboxylic acids is 2. The second-order valence-corrected chi connectivity index (χ2v) is 6.65. The van der Waals surface area contributed by atoms with Crippen LogP contribution in [0.15, 0.2) is 0 Å². The number of aliphatic carboxylic acids is 2. The van der Waals surface area contributed by atoms with E-state index >= 15 is 0 Å². The van der Waals surface area contributed by atoms with Crippen LogP contribution < -0.4 is 33.2 Å². The molecule has 2 unspecified atom stereocenters. The lowest BCUT2D eigenvalue weighted by atomic mass is 10.1. The average Bonchev–Trinajstić information content (AvgIpc) is 2.71. The second kappa shape index (κ2) is 20.3. The zero-order chi connectivity index (χ0) is 23.4. The molecule has 0 aliphatic carbocycles. The molecule has 0 aromatic carbocycles. The van der Waals surface area contributed by atoms with Crippen LogP contribution in [0.4, 0.5) is 0 Å². The average molecular weight is 453 g/mol. The molecule has 12 nitrogen and oxygen atoms in total. The van der Waals surface area contributed by atoms with E-state index in [4.69, 9.17) is 27.4 Å². The number of unbranched alkanes of at least 4 members (excludes halogenated alkanes) is 1. The van der Waals surface area contributed by atoms with E-state index in [0.29, 0.717) is 0 Å². The Morgan fingerprint density at radius 2 is 1.57 bits per heavy atom. The molecule has 13 heteroatoms. The summed E-state index contributed by atoms with van der Waals surface area (Å²) in [4.78, 5) is 43.7. The Balaban J connectivity index is 0. The van der Waals surface area contributed by atoms with Gasteiger partial charge >= 0.3 is 11.9 Å². The molecule has 0 saturated carbocycles. The number of hydrogen-bond donors (Lipinski definition) is 9. The van der Waals surface area contributed by atoms with Crippen LogP contribution >= 0.6 is 12.6 Å². The fraction of sp³-hybridized carbons (Fsp3) is 0.765. The molecule has 30 heavy (non-hydrogen) atoms. The first-order chi connectivity index (χ1) is 14.2. The first kappa shape index (κ1) is 30.3. The number of nitrogens with one attached hydrogen (secondary N) is 3. The lowest BCUT2D eigenvalue weighted by Crippen LogP contribution is -2.49. The summed E-state index contributed by atoms with van der Waals surface area (Å²) in [5.41, 5.74) is 15.9. The number of carboxylic acids is 2. The quantitative estimate of drug-likeness (QED) is 0.0880. The van der Waals surface area contributed by atoms with Gasteiger partial charge in [-0.2, -0.15) is 12.6 Å². The maximum Gasteiger partial charge on any atom is 0.322 e. The monoisotopic (exact) mass is 452 g/mol. The number of thiol groups is 1. The van der Waals surface area contributed by atoms with Gasteiger partial charge in [0, 0.05) is 12.2 Å². The normalized spacial score (nSPS) is 12.1. The zero-order valence-electron chi connectivity index (χ0n) is 17.1. The second-order valence-electron chi connectivity index (χ2n) is 6.29. The minimum absolute atomic E-state index is 0.0256. The van der Waals surface area contributed by atoms with Crippen molar-refractivity contribution in [1.29, 1.82) is 0 Å². The third kappa shape index (κ3) is 19.4. The van der Waals surface area contributed by atoms with Crippen molar-refractivity contribution in [3.05, 3.63) is 0 Å². The summed E-state index contributed by atoms with van der Waals surface area (Å²) in [6.07, 6.45) is 3.14. The predicted molar refractivity (Wildman–Crippen MR) is 116 cm³/mol. The van der Waals surface area contributed by atoms with Gasteiger partial charge < -0.3 is 43.4 Å². The first-order valence-corrected chi connectivity index (χ1v) is 10.3. The summed E-state index contributed by atoms with van der Waals surface area (Å²) < 4.78 is 0. The number of carbonyl (C=O) groups is 4. The van der Waals surface area contributed by atoms with E-state index < -0.39 is 42.4 Å². The summed E-state index contributed by atoms with van der Waals surface area (Å²) in [7, 11) is 0. The summed E-state index contributed by atoms with van der Waals surface area (Å²) in [5, 5.41) is 24.7. The van der Waals surface area contributed by atoms with Crippen LogP contribution in [0.1, 0.15) is 32.1 Å². The molecule has 2 atom stereocenters. The highest BCUT2D eigenvalue weighted by molar-refractivity contribution is 7.80.